The average Bonchev–Trinajstić information content (AvgIpc) is 2.23. The maximum absolute atomic E-state index is 6.08. The molecule has 0 amide bonds. The third kappa shape index (κ3) is 2.69. The first-order chi connectivity index (χ1) is 6.86. The fraction of sp³-hybridized carbons (Fsp3) is 1.00. The van der Waals surface area contributed by atoms with E-state index in [2.05, 4.69) is 5.32 Å². The molecule has 0 spiro atoms. The summed E-state index contributed by atoms with van der Waals surface area (Å²) in [4.78, 5) is 0. The Bertz CT molecular complexity index is 169. The van der Waals surface area contributed by atoms with Crippen LogP contribution < -0.4 is 11.1 Å². The molecule has 14 heavy (non-hydrogen) atoms. The van der Waals surface area contributed by atoms with Gasteiger partial charge in [0.25, 0.3) is 0 Å². The van der Waals surface area contributed by atoms with Gasteiger partial charge in [0, 0.05) is 12.6 Å². The van der Waals surface area contributed by atoms with Crippen LogP contribution in [-0.2, 0) is 4.74 Å². The maximum atomic E-state index is 6.08. The third-order valence-electron chi connectivity index (χ3n) is 3.38. The average molecular weight is 198 g/mol. The largest absolute Gasteiger partial charge is 0.373 e. The molecule has 1 saturated carbocycles. The Kier molecular flexibility index (Phi) is 3.79. The monoisotopic (exact) mass is 198 g/mol. The molecule has 2 unspecified atom stereocenters. The lowest BCUT2D eigenvalue weighted by Gasteiger charge is -2.34. The van der Waals surface area contributed by atoms with Crippen molar-refractivity contribution in [1.29, 1.82) is 0 Å². The highest BCUT2D eigenvalue weighted by molar-refractivity contribution is 4.83. The number of rotatable bonds is 2. The molecule has 3 N–H and O–H groups in total. The van der Waals surface area contributed by atoms with Gasteiger partial charge in [-0.15, -0.1) is 0 Å². The molecule has 1 aliphatic carbocycles. The smallest absolute Gasteiger partial charge is 0.0754 e. The van der Waals surface area contributed by atoms with Gasteiger partial charge in [-0.1, -0.05) is 19.3 Å². The molecule has 0 aromatic heterocycles. The fourth-order valence-corrected chi connectivity index (χ4v) is 2.48. The topological polar surface area (TPSA) is 47.3 Å². The first-order valence-electron chi connectivity index (χ1n) is 5.98. The number of nitrogens with one attached hydrogen (secondary N) is 1. The quantitative estimate of drug-likeness (QED) is 0.696. The van der Waals surface area contributed by atoms with Crippen molar-refractivity contribution in [2.24, 2.45) is 5.73 Å². The molecular formula is C11H22N2O. The summed E-state index contributed by atoms with van der Waals surface area (Å²) in [6.07, 6.45) is 8.44. The molecule has 0 bridgehead atoms. The summed E-state index contributed by atoms with van der Waals surface area (Å²) < 4.78 is 6.08. The van der Waals surface area contributed by atoms with E-state index in [4.69, 9.17) is 10.5 Å². The first-order valence-corrected chi connectivity index (χ1v) is 5.98. The van der Waals surface area contributed by atoms with Crippen molar-refractivity contribution in [3.63, 3.8) is 0 Å². The Balaban J connectivity index is 1.76. The molecule has 2 fully saturated rings. The lowest BCUT2D eigenvalue weighted by Crippen LogP contribution is -2.51. The van der Waals surface area contributed by atoms with E-state index in [-0.39, 0.29) is 6.04 Å². The summed E-state index contributed by atoms with van der Waals surface area (Å²) in [5.41, 5.74) is 6.01. The van der Waals surface area contributed by atoms with E-state index < -0.39 is 0 Å². The summed E-state index contributed by atoms with van der Waals surface area (Å²) >= 11 is 0. The van der Waals surface area contributed by atoms with Crippen LogP contribution >= 0.6 is 0 Å². The Morgan fingerprint density at radius 2 is 1.86 bits per heavy atom. The lowest BCUT2D eigenvalue weighted by molar-refractivity contribution is -0.0504. The minimum atomic E-state index is 0.200. The van der Waals surface area contributed by atoms with E-state index in [1.165, 1.54) is 32.1 Å². The number of piperidine rings is 1. The van der Waals surface area contributed by atoms with Crippen LogP contribution in [0.5, 0.6) is 0 Å². The van der Waals surface area contributed by atoms with Crippen molar-refractivity contribution in [2.75, 3.05) is 13.1 Å². The standard InChI is InChI=1S/C11H22N2O/c12-10-8-13-7-6-11(10)14-9-4-2-1-3-5-9/h9-11,13H,1-8,12H2. The minimum Gasteiger partial charge on any atom is -0.373 e. The highest BCUT2D eigenvalue weighted by Gasteiger charge is 2.25. The van der Waals surface area contributed by atoms with Crippen LogP contribution in [-0.4, -0.2) is 31.3 Å². The SMILES string of the molecule is NC1CNCCC1OC1CCCCC1. The zero-order chi connectivity index (χ0) is 9.80. The van der Waals surface area contributed by atoms with Gasteiger partial charge in [-0.05, 0) is 25.8 Å². The summed E-state index contributed by atoms with van der Waals surface area (Å²) in [5, 5.41) is 3.30. The first kappa shape index (κ1) is 10.4. The van der Waals surface area contributed by atoms with Gasteiger partial charge in [0.1, 0.15) is 0 Å². The van der Waals surface area contributed by atoms with Crippen molar-refractivity contribution in [3.8, 4) is 0 Å². The second-order valence-corrected chi connectivity index (χ2v) is 4.59. The molecule has 0 radical (unpaired) electrons. The second kappa shape index (κ2) is 5.10. The van der Waals surface area contributed by atoms with Crippen LogP contribution in [0.1, 0.15) is 38.5 Å². The molecule has 1 saturated heterocycles. The molecule has 3 nitrogen and oxygen atoms in total. The van der Waals surface area contributed by atoms with Gasteiger partial charge in [-0.25, -0.2) is 0 Å². The third-order valence-corrected chi connectivity index (χ3v) is 3.38. The van der Waals surface area contributed by atoms with Crippen LogP contribution in [0, 0.1) is 0 Å². The summed E-state index contributed by atoms with van der Waals surface area (Å²) in [6, 6.07) is 0.200. The van der Waals surface area contributed by atoms with E-state index in [0.29, 0.717) is 12.2 Å². The Hall–Kier alpha value is -0.120. The van der Waals surface area contributed by atoms with E-state index in [9.17, 15) is 0 Å². The number of nitrogens with two attached hydrogens (primary N) is 1. The van der Waals surface area contributed by atoms with Gasteiger partial charge < -0.3 is 15.8 Å². The number of ether oxygens (including phenoxy) is 1. The van der Waals surface area contributed by atoms with Crippen LogP contribution in [0.25, 0.3) is 0 Å². The molecule has 1 aliphatic heterocycles. The normalized spacial score (nSPS) is 35.8. The summed E-state index contributed by atoms with van der Waals surface area (Å²) in [5.74, 6) is 0. The van der Waals surface area contributed by atoms with Crippen molar-refractivity contribution in [3.05, 3.63) is 0 Å². The summed E-state index contributed by atoms with van der Waals surface area (Å²) in [7, 11) is 0. The fourth-order valence-electron chi connectivity index (χ4n) is 2.48. The van der Waals surface area contributed by atoms with Crippen LogP contribution in [0.4, 0.5) is 0 Å². The van der Waals surface area contributed by atoms with Gasteiger partial charge in [0.05, 0.1) is 12.2 Å². The van der Waals surface area contributed by atoms with E-state index in [1.54, 1.807) is 0 Å². The Labute approximate surface area is 86.4 Å². The zero-order valence-corrected chi connectivity index (χ0v) is 8.87. The highest BCUT2D eigenvalue weighted by Crippen LogP contribution is 2.23. The van der Waals surface area contributed by atoms with Gasteiger partial charge in [0.15, 0.2) is 0 Å². The van der Waals surface area contributed by atoms with Gasteiger partial charge in [-0.3, -0.25) is 0 Å². The lowest BCUT2D eigenvalue weighted by atomic mass is 9.96. The van der Waals surface area contributed by atoms with Crippen LogP contribution in [0.2, 0.25) is 0 Å². The number of hydrogen-bond donors (Lipinski definition) is 2. The predicted octanol–water partition coefficient (Wildman–Crippen LogP) is 1.02. The zero-order valence-electron chi connectivity index (χ0n) is 8.87. The molecule has 0 aromatic rings. The highest BCUT2D eigenvalue weighted by atomic mass is 16.5. The van der Waals surface area contributed by atoms with Crippen molar-refractivity contribution < 1.29 is 4.74 Å². The van der Waals surface area contributed by atoms with Crippen molar-refractivity contribution in [1.82, 2.24) is 5.32 Å². The number of hydrogen-bond acceptors (Lipinski definition) is 3. The van der Waals surface area contributed by atoms with E-state index >= 15 is 0 Å². The Morgan fingerprint density at radius 3 is 2.57 bits per heavy atom. The van der Waals surface area contributed by atoms with Crippen LogP contribution in [0.15, 0.2) is 0 Å². The maximum Gasteiger partial charge on any atom is 0.0754 e. The predicted molar refractivity (Wildman–Crippen MR) is 57.2 cm³/mol. The molecule has 2 atom stereocenters. The molecule has 1 heterocycles. The van der Waals surface area contributed by atoms with E-state index in [1.807, 2.05) is 0 Å². The Morgan fingerprint density at radius 1 is 1.07 bits per heavy atom. The minimum absolute atomic E-state index is 0.200. The van der Waals surface area contributed by atoms with Gasteiger partial charge in [-0.2, -0.15) is 0 Å². The molecule has 0 aromatic carbocycles. The molecule has 3 heteroatoms. The van der Waals surface area contributed by atoms with Crippen molar-refractivity contribution >= 4 is 0 Å². The second-order valence-electron chi connectivity index (χ2n) is 4.59. The van der Waals surface area contributed by atoms with E-state index in [0.717, 1.165) is 19.5 Å². The molecule has 82 valence electrons. The molecule has 2 rings (SSSR count). The summed E-state index contributed by atoms with van der Waals surface area (Å²) in [6.45, 7) is 1.97. The van der Waals surface area contributed by atoms with Gasteiger partial charge in [0.2, 0.25) is 0 Å². The molecule has 2 aliphatic rings. The molecular weight excluding hydrogens is 176 g/mol. The van der Waals surface area contributed by atoms with Crippen LogP contribution in [0.3, 0.4) is 0 Å². The van der Waals surface area contributed by atoms with Crippen molar-refractivity contribution in [2.45, 2.75) is 56.8 Å². The van der Waals surface area contributed by atoms with Gasteiger partial charge >= 0.3 is 0 Å².